The van der Waals surface area contributed by atoms with Gasteiger partial charge in [-0.15, -0.1) is 0 Å². The lowest BCUT2D eigenvalue weighted by Crippen LogP contribution is -2.26. The Bertz CT molecular complexity index is 614. The van der Waals surface area contributed by atoms with Crippen LogP contribution in [0.2, 0.25) is 0 Å². The van der Waals surface area contributed by atoms with E-state index in [1.807, 2.05) is 12.1 Å². The maximum absolute atomic E-state index is 14.8. The zero-order valence-electron chi connectivity index (χ0n) is 17.9. The topological polar surface area (TPSA) is 0 Å². The highest BCUT2D eigenvalue weighted by Gasteiger charge is 2.32. The van der Waals surface area contributed by atoms with Gasteiger partial charge >= 0.3 is 0 Å². The molecule has 0 N–H and O–H groups in total. The van der Waals surface area contributed by atoms with Crippen LogP contribution in [0.25, 0.3) is 5.83 Å². The van der Waals surface area contributed by atoms with Crippen molar-refractivity contribution in [2.45, 2.75) is 90.9 Å². The fraction of sp³-hybridized carbons (Fsp3) is 0.692. The normalized spacial score (nSPS) is 29.4. The third-order valence-electron chi connectivity index (χ3n) is 7.34. The second-order valence-electron chi connectivity index (χ2n) is 9.29. The van der Waals surface area contributed by atoms with E-state index in [1.165, 1.54) is 44.1 Å². The molecule has 0 heterocycles. The Kier molecular flexibility index (Phi) is 8.11. The molecule has 0 amide bonds. The Morgan fingerprint density at radius 2 is 1.36 bits per heavy atom. The summed E-state index contributed by atoms with van der Waals surface area (Å²) < 4.78 is 29.5. The molecule has 0 aromatic heterocycles. The first-order valence-corrected chi connectivity index (χ1v) is 11.8. The molecule has 1 aromatic rings. The second-order valence-corrected chi connectivity index (χ2v) is 9.29. The van der Waals surface area contributed by atoms with Gasteiger partial charge in [0.05, 0.1) is 0 Å². The zero-order valence-corrected chi connectivity index (χ0v) is 17.9. The van der Waals surface area contributed by atoms with Gasteiger partial charge in [-0.3, -0.25) is 0 Å². The maximum atomic E-state index is 14.8. The van der Waals surface area contributed by atoms with Gasteiger partial charge in [0.25, 0.3) is 0 Å². The van der Waals surface area contributed by atoms with E-state index in [1.54, 1.807) is 12.1 Å². The van der Waals surface area contributed by atoms with Crippen molar-refractivity contribution < 1.29 is 8.78 Å². The van der Waals surface area contributed by atoms with E-state index in [4.69, 9.17) is 0 Å². The molecule has 0 nitrogen and oxygen atoms in total. The Morgan fingerprint density at radius 3 is 1.89 bits per heavy atom. The molecular formula is C26H38F2. The van der Waals surface area contributed by atoms with Crippen molar-refractivity contribution in [1.82, 2.24) is 0 Å². The first-order valence-electron chi connectivity index (χ1n) is 11.8. The highest BCUT2D eigenvalue weighted by molar-refractivity contribution is 5.61. The van der Waals surface area contributed by atoms with Crippen LogP contribution in [0.5, 0.6) is 0 Å². The molecule has 0 unspecified atom stereocenters. The zero-order chi connectivity index (χ0) is 19.9. The van der Waals surface area contributed by atoms with Gasteiger partial charge in [-0.1, -0.05) is 70.2 Å². The summed E-state index contributed by atoms with van der Waals surface area (Å²) in [7, 11) is 0. The van der Waals surface area contributed by atoms with Crippen LogP contribution >= 0.6 is 0 Å². The van der Waals surface area contributed by atoms with Gasteiger partial charge in [-0.05, 0) is 68.3 Å². The van der Waals surface area contributed by atoms with Crippen molar-refractivity contribution in [2.75, 3.05) is 0 Å². The van der Waals surface area contributed by atoms with E-state index in [-0.39, 0.29) is 5.92 Å². The fourth-order valence-electron chi connectivity index (χ4n) is 5.62. The summed E-state index contributed by atoms with van der Waals surface area (Å²) in [5, 5.41) is 0. The third-order valence-corrected chi connectivity index (χ3v) is 7.34. The van der Waals surface area contributed by atoms with Gasteiger partial charge in [0.1, 0.15) is 5.83 Å². The summed E-state index contributed by atoms with van der Waals surface area (Å²) in [5.74, 6) is 1.15. The van der Waals surface area contributed by atoms with E-state index in [0.717, 1.165) is 56.3 Å². The molecule has 2 aliphatic rings. The van der Waals surface area contributed by atoms with Gasteiger partial charge in [0.15, 0.2) is 5.83 Å². The van der Waals surface area contributed by atoms with E-state index in [9.17, 15) is 8.78 Å². The number of allylic oxidation sites excluding steroid dienone is 1. The second kappa shape index (κ2) is 10.6. The smallest absolute Gasteiger partial charge is 0.162 e. The molecule has 2 aliphatic carbocycles. The Morgan fingerprint density at radius 1 is 0.786 bits per heavy atom. The minimum absolute atomic E-state index is 0.219. The van der Waals surface area contributed by atoms with E-state index in [0.29, 0.717) is 5.56 Å². The van der Waals surface area contributed by atoms with Crippen LogP contribution in [-0.2, 0) is 6.42 Å². The molecule has 0 atom stereocenters. The number of halogens is 2. The maximum Gasteiger partial charge on any atom is 0.162 e. The third kappa shape index (κ3) is 5.45. The molecule has 0 aliphatic heterocycles. The molecular weight excluding hydrogens is 350 g/mol. The van der Waals surface area contributed by atoms with E-state index >= 15 is 0 Å². The molecule has 28 heavy (non-hydrogen) atoms. The van der Waals surface area contributed by atoms with Crippen molar-refractivity contribution in [3.05, 3.63) is 41.2 Å². The number of hydrogen-bond acceptors (Lipinski definition) is 0. The van der Waals surface area contributed by atoms with Crippen LogP contribution in [-0.4, -0.2) is 0 Å². The van der Waals surface area contributed by atoms with Gasteiger partial charge < -0.3 is 0 Å². The molecule has 2 fully saturated rings. The van der Waals surface area contributed by atoms with Gasteiger partial charge in [0, 0.05) is 11.5 Å². The average Bonchev–Trinajstić information content (AvgIpc) is 2.74. The molecule has 0 spiro atoms. The largest absolute Gasteiger partial charge is 0.208 e. The molecule has 156 valence electrons. The SMILES string of the molecule is CCCc1ccc(C(F)=C(F)C2CCC(C3CCC(CCC)CC3)CC2)cc1. The summed E-state index contributed by atoms with van der Waals surface area (Å²) in [6, 6.07) is 7.33. The van der Waals surface area contributed by atoms with Crippen LogP contribution in [0.4, 0.5) is 8.78 Å². The predicted molar refractivity (Wildman–Crippen MR) is 115 cm³/mol. The van der Waals surface area contributed by atoms with Crippen LogP contribution in [0.1, 0.15) is 95.6 Å². The lowest BCUT2D eigenvalue weighted by Gasteiger charge is -2.37. The summed E-state index contributed by atoms with van der Waals surface area (Å²) in [5.41, 5.74) is 1.59. The Labute approximate surface area is 170 Å². The minimum atomic E-state index is -0.633. The van der Waals surface area contributed by atoms with Crippen molar-refractivity contribution in [2.24, 2.45) is 23.7 Å². The van der Waals surface area contributed by atoms with Gasteiger partial charge in [0.2, 0.25) is 0 Å². The van der Waals surface area contributed by atoms with Crippen molar-refractivity contribution in [3.63, 3.8) is 0 Å². The van der Waals surface area contributed by atoms with Crippen molar-refractivity contribution >= 4 is 5.83 Å². The summed E-state index contributed by atoms with van der Waals surface area (Å²) in [4.78, 5) is 0. The van der Waals surface area contributed by atoms with Gasteiger partial charge in [-0.25, -0.2) is 8.78 Å². The lowest BCUT2D eigenvalue weighted by atomic mass is 9.68. The number of rotatable bonds is 7. The highest BCUT2D eigenvalue weighted by atomic mass is 19.2. The molecule has 2 heteroatoms. The van der Waals surface area contributed by atoms with Crippen molar-refractivity contribution in [1.29, 1.82) is 0 Å². The number of benzene rings is 1. The standard InChI is InChI=1S/C26H38F2/c1-3-5-19-7-11-21(12-8-19)22-15-17-24(18-16-22)26(28)25(27)23-13-9-20(6-4-2)10-14-23/h9-10,13-14,19,21-22,24H,3-8,11-12,15-18H2,1-2H3. The van der Waals surface area contributed by atoms with E-state index in [2.05, 4.69) is 13.8 Å². The predicted octanol–water partition coefficient (Wildman–Crippen LogP) is 8.66. The number of aryl methyl sites for hydroxylation is 1. The Balaban J connectivity index is 1.53. The lowest BCUT2D eigenvalue weighted by molar-refractivity contribution is 0.145. The van der Waals surface area contributed by atoms with Crippen molar-refractivity contribution in [3.8, 4) is 0 Å². The number of hydrogen-bond donors (Lipinski definition) is 0. The fourth-order valence-corrected chi connectivity index (χ4v) is 5.62. The van der Waals surface area contributed by atoms with Gasteiger partial charge in [-0.2, -0.15) is 0 Å². The first-order chi connectivity index (χ1) is 13.6. The minimum Gasteiger partial charge on any atom is -0.208 e. The summed E-state index contributed by atoms with van der Waals surface area (Å²) in [6.07, 6.45) is 14.0. The molecule has 0 radical (unpaired) electrons. The first kappa shape index (κ1) is 21.5. The quantitative estimate of drug-likeness (QED) is 0.438. The monoisotopic (exact) mass is 388 g/mol. The molecule has 2 saturated carbocycles. The van der Waals surface area contributed by atoms with Crippen LogP contribution in [0.3, 0.4) is 0 Å². The molecule has 0 bridgehead atoms. The molecule has 1 aromatic carbocycles. The van der Waals surface area contributed by atoms with Crippen LogP contribution in [0.15, 0.2) is 30.1 Å². The molecule has 3 rings (SSSR count). The van der Waals surface area contributed by atoms with Crippen LogP contribution in [0, 0.1) is 23.7 Å². The summed E-state index contributed by atoms with van der Waals surface area (Å²) >= 11 is 0. The van der Waals surface area contributed by atoms with E-state index < -0.39 is 11.7 Å². The highest BCUT2D eigenvalue weighted by Crippen LogP contribution is 2.44. The average molecular weight is 389 g/mol. The molecule has 0 saturated heterocycles. The van der Waals surface area contributed by atoms with Crippen LogP contribution < -0.4 is 0 Å². The Hall–Kier alpha value is -1.18. The summed E-state index contributed by atoms with van der Waals surface area (Å²) in [6.45, 7) is 4.41.